The van der Waals surface area contributed by atoms with Gasteiger partial charge in [-0.2, -0.15) is 10.2 Å². The average molecular weight is 310 g/mol. The zero-order valence-corrected chi connectivity index (χ0v) is 13.6. The molecule has 0 aliphatic carbocycles. The Morgan fingerprint density at radius 3 is 2.78 bits per heavy atom. The molecule has 5 heteroatoms. The smallest absolute Gasteiger partial charge is 0.317 e. The zero-order valence-electron chi connectivity index (χ0n) is 13.6. The lowest BCUT2D eigenvalue weighted by Crippen LogP contribution is -2.41. The van der Waals surface area contributed by atoms with Crippen molar-refractivity contribution in [1.82, 2.24) is 20.4 Å². The fourth-order valence-corrected chi connectivity index (χ4v) is 3.09. The molecule has 2 heterocycles. The van der Waals surface area contributed by atoms with Crippen LogP contribution in [-0.4, -0.2) is 33.7 Å². The number of aryl methyl sites for hydroxylation is 1. The molecule has 1 N–H and O–H groups in total. The van der Waals surface area contributed by atoms with E-state index in [1.54, 1.807) is 6.20 Å². The van der Waals surface area contributed by atoms with Gasteiger partial charge in [0, 0.05) is 24.7 Å². The van der Waals surface area contributed by atoms with E-state index in [9.17, 15) is 4.79 Å². The lowest BCUT2D eigenvalue weighted by atomic mass is 9.96. The molecule has 1 saturated heterocycles. The number of rotatable bonds is 3. The molecule has 0 bridgehead atoms. The lowest BCUT2D eigenvalue weighted by molar-refractivity contribution is 0.195. The number of carbonyl (C=O) groups excluding carboxylic acids is 1. The van der Waals surface area contributed by atoms with Crippen LogP contribution < -0.4 is 5.32 Å². The van der Waals surface area contributed by atoms with Gasteiger partial charge in [0.2, 0.25) is 0 Å². The molecule has 5 nitrogen and oxygen atoms in total. The number of hydrogen-bond acceptors (Lipinski definition) is 3. The number of amides is 2. The van der Waals surface area contributed by atoms with Crippen LogP contribution in [-0.2, 0) is 6.54 Å². The van der Waals surface area contributed by atoms with Gasteiger partial charge in [-0.25, -0.2) is 4.79 Å². The average Bonchev–Trinajstić information content (AvgIpc) is 2.96. The van der Waals surface area contributed by atoms with E-state index in [2.05, 4.69) is 53.6 Å². The van der Waals surface area contributed by atoms with Crippen molar-refractivity contribution in [3.8, 4) is 0 Å². The first-order valence-corrected chi connectivity index (χ1v) is 8.01. The van der Waals surface area contributed by atoms with Crippen molar-refractivity contribution < 1.29 is 4.79 Å². The molecule has 2 amide bonds. The second kappa shape index (κ2) is 6.77. The van der Waals surface area contributed by atoms with Gasteiger partial charge >= 0.3 is 6.03 Å². The third kappa shape index (κ3) is 3.67. The van der Waals surface area contributed by atoms with Crippen molar-refractivity contribution >= 4 is 6.03 Å². The Morgan fingerprint density at radius 2 is 2.09 bits per heavy atom. The number of nitrogens with one attached hydrogen (secondary N) is 1. The predicted octanol–water partition coefficient (Wildman–Crippen LogP) is 2.87. The molecule has 1 aromatic heterocycles. The highest BCUT2D eigenvalue weighted by Gasteiger charge is 2.33. The molecule has 2 atom stereocenters. The molecule has 1 aromatic carbocycles. The van der Waals surface area contributed by atoms with Crippen LogP contribution in [0, 0.1) is 6.92 Å². The van der Waals surface area contributed by atoms with Crippen molar-refractivity contribution in [3.05, 3.63) is 59.4 Å². The Bertz CT molecular complexity index is 656. The molecule has 0 radical (unpaired) electrons. The molecule has 2 aromatic rings. The maximum absolute atomic E-state index is 12.4. The van der Waals surface area contributed by atoms with Gasteiger partial charge in [0.15, 0.2) is 0 Å². The van der Waals surface area contributed by atoms with Crippen molar-refractivity contribution in [2.45, 2.75) is 38.8 Å². The second-order valence-electron chi connectivity index (χ2n) is 6.22. The largest absolute Gasteiger partial charge is 0.332 e. The van der Waals surface area contributed by atoms with Crippen LogP contribution in [0.1, 0.15) is 36.1 Å². The maximum Gasteiger partial charge on any atom is 0.317 e. The van der Waals surface area contributed by atoms with Crippen LogP contribution in [0.4, 0.5) is 4.79 Å². The number of nitrogens with zero attached hydrogens (tertiary/aromatic N) is 3. The highest BCUT2D eigenvalue weighted by Crippen LogP contribution is 2.31. The third-order valence-electron chi connectivity index (χ3n) is 4.43. The lowest BCUT2D eigenvalue weighted by Gasteiger charge is -2.21. The molecule has 0 unspecified atom stereocenters. The summed E-state index contributed by atoms with van der Waals surface area (Å²) in [5.41, 5.74) is 3.34. The molecular weight excluding hydrogens is 288 g/mol. The molecule has 1 aliphatic heterocycles. The Morgan fingerprint density at radius 1 is 1.30 bits per heavy atom. The summed E-state index contributed by atoms with van der Waals surface area (Å²) in [7, 11) is 0. The van der Waals surface area contributed by atoms with E-state index in [4.69, 9.17) is 0 Å². The molecular formula is C18H22N4O. The van der Waals surface area contributed by atoms with Gasteiger partial charge in [-0.15, -0.1) is 0 Å². The summed E-state index contributed by atoms with van der Waals surface area (Å²) in [5, 5.41) is 10.7. The summed E-state index contributed by atoms with van der Waals surface area (Å²) >= 11 is 0. The minimum Gasteiger partial charge on any atom is -0.332 e. The molecule has 1 fully saturated rings. The quantitative estimate of drug-likeness (QED) is 0.948. The number of benzene rings is 1. The summed E-state index contributed by atoms with van der Waals surface area (Å²) in [6.45, 7) is 5.37. The number of hydrogen-bond donors (Lipinski definition) is 1. The van der Waals surface area contributed by atoms with E-state index in [1.807, 2.05) is 17.0 Å². The number of urea groups is 1. The van der Waals surface area contributed by atoms with Gasteiger partial charge in [-0.3, -0.25) is 0 Å². The zero-order chi connectivity index (χ0) is 16.2. The van der Waals surface area contributed by atoms with Crippen LogP contribution in [0.2, 0.25) is 0 Å². The van der Waals surface area contributed by atoms with E-state index in [0.717, 1.165) is 18.7 Å². The molecule has 120 valence electrons. The first-order valence-electron chi connectivity index (χ1n) is 8.01. The van der Waals surface area contributed by atoms with Gasteiger partial charge in [-0.05, 0) is 38.0 Å². The predicted molar refractivity (Wildman–Crippen MR) is 89.0 cm³/mol. The first-order chi connectivity index (χ1) is 11.1. The minimum absolute atomic E-state index is 0.0298. The van der Waals surface area contributed by atoms with Crippen LogP contribution in [0.5, 0.6) is 0 Å². The summed E-state index contributed by atoms with van der Waals surface area (Å²) in [6, 6.07) is 12.5. The Hall–Kier alpha value is -2.43. The summed E-state index contributed by atoms with van der Waals surface area (Å²) in [4.78, 5) is 14.3. The third-order valence-corrected chi connectivity index (χ3v) is 4.43. The van der Waals surface area contributed by atoms with E-state index >= 15 is 0 Å². The summed E-state index contributed by atoms with van der Waals surface area (Å²) < 4.78 is 0. The SMILES string of the molecule is Cc1ccc([C@H]2C[C@H](C)N(C(=O)NCc3cccnn3)C2)cc1. The van der Waals surface area contributed by atoms with E-state index in [0.29, 0.717) is 12.5 Å². The van der Waals surface area contributed by atoms with Crippen molar-refractivity contribution in [2.24, 2.45) is 0 Å². The van der Waals surface area contributed by atoms with Crippen molar-refractivity contribution in [1.29, 1.82) is 0 Å². The van der Waals surface area contributed by atoms with Crippen LogP contribution in [0.3, 0.4) is 0 Å². The van der Waals surface area contributed by atoms with Crippen LogP contribution in [0.15, 0.2) is 42.6 Å². The van der Waals surface area contributed by atoms with E-state index in [1.165, 1.54) is 11.1 Å². The Labute approximate surface area is 136 Å². The molecule has 23 heavy (non-hydrogen) atoms. The number of likely N-dealkylation sites (tertiary alicyclic amines) is 1. The molecule has 3 rings (SSSR count). The fraction of sp³-hybridized carbons (Fsp3) is 0.389. The topological polar surface area (TPSA) is 58.1 Å². The maximum atomic E-state index is 12.4. The fourth-order valence-electron chi connectivity index (χ4n) is 3.09. The van der Waals surface area contributed by atoms with Crippen LogP contribution >= 0.6 is 0 Å². The Kier molecular flexibility index (Phi) is 4.55. The molecule has 1 aliphatic rings. The van der Waals surface area contributed by atoms with E-state index < -0.39 is 0 Å². The van der Waals surface area contributed by atoms with Gasteiger partial charge < -0.3 is 10.2 Å². The van der Waals surface area contributed by atoms with Gasteiger partial charge in [0.05, 0.1) is 12.2 Å². The minimum atomic E-state index is -0.0298. The van der Waals surface area contributed by atoms with Gasteiger partial charge in [0.1, 0.15) is 0 Å². The molecule has 0 spiro atoms. The number of aromatic nitrogens is 2. The Balaban J connectivity index is 1.59. The number of carbonyl (C=O) groups is 1. The normalized spacial score (nSPS) is 20.5. The van der Waals surface area contributed by atoms with E-state index in [-0.39, 0.29) is 12.1 Å². The van der Waals surface area contributed by atoms with Gasteiger partial charge in [-0.1, -0.05) is 29.8 Å². The summed E-state index contributed by atoms with van der Waals surface area (Å²) in [6.07, 6.45) is 2.63. The van der Waals surface area contributed by atoms with Crippen LogP contribution in [0.25, 0.3) is 0 Å². The highest BCUT2D eigenvalue weighted by atomic mass is 16.2. The molecule has 0 saturated carbocycles. The van der Waals surface area contributed by atoms with Crippen molar-refractivity contribution in [3.63, 3.8) is 0 Å². The highest BCUT2D eigenvalue weighted by molar-refractivity contribution is 5.75. The monoisotopic (exact) mass is 310 g/mol. The van der Waals surface area contributed by atoms with Gasteiger partial charge in [0.25, 0.3) is 0 Å². The first kappa shape index (κ1) is 15.5. The summed E-state index contributed by atoms with van der Waals surface area (Å²) in [5.74, 6) is 0.410. The standard InChI is InChI=1S/C18H22N4O/c1-13-5-7-15(8-6-13)16-10-14(2)22(12-16)18(23)19-11-17-4-3-9-20-21-17/h3-9,14,16H,10-12H2,1-2H3,(H,19,23)/t14-,16-/m0/s1. The van der Waals surface area contributed by atoms with Crippen molar-refractivity contribution in [2.75, 3.05) is 6.54 Å². The second-order valence-corrected chi connectivity index (χ2v) is 6.22.